The number of rotatable bonds is 11. The van der Waals surface area contributed by atoms with E-state index in [1.165, 1.54) is 36.8 Å². The molecule has 0 aliphatic carbocycles. The summed E-state index contributed by atoms with van der Waals surface area (Å²) in [6.07, 6.45) is 11.4. The van der Waals surface area contributed by atoms with Crippen LogP contribution >= 0.6 is 0 Å². The summed E-state index contributed by atoms with van der Waals surface area (Å²) in [6.45, 7) is 8.09. The molecule has 0 aliphatic heterocycles. The summed E-state index contributed by atoms with van der Waals surface area (Å²) in [4.78, 5) is 0. The Bertz CT molecular complexity index is 526. The van der Waals surface area contributed by atoms with Crippen LogP contribution in [0.1, 0.15) is 36.8 Å². The molecule has 0 fully saturated rings. The first-order chi connectivity index (χ1) is 11.8. The Labute approximate surface area is 147 Å². The molecule has 126 valence electrons. The van der Waals surface area contributed by atoms with Crippen LogP contribution in [0, 0.1) is 11.8 Å². The van der Waals surface area contributed by atoms with Gasteiger partial charge in [0.05, 0.1) is 0 Å². The van der Waals surface area contributed by atoms with E-state index >= 15 is 0 Å². The Morgan fingerprint density at radius 2 is 0.958 bits per heavy atom. The highest BCUT2D eigenvalue weighted by atomic mass is 14.2. The van der Waals surface area contributed by atoms with Crippen molar-refractivity contribution in [2.75, 3.05) is 0 Å². The summed E-state index contributed by atoms with van der Waals surface area (Å²) in [5.74, 6) is 1.20. The smallest absolute Gasteiger partial charge is 0.0233 e. The van der Waals surface area contributed by atoms with Crippen LogP contribution in [0.3, 0.4) is 0 Å². The quantitative estimate of drug-likeness (QED) is 0.407. The molecule has 0 N–H and O–H groups in total. The molecule has 0 aliphatic rings. The summed E-state index contributed by atoms with van der Waals surface area (Å²) >= 11 is 0. The molecule has 0 aromatic heterocycles. The number of allylic oxidation sites excluding steroid dienone is 2. The summed E-state index contributed by atoms with van der Waals surface area (Å²) in [5.41, 5.74) is 2.85. The Kier molecular flexibility index (Phi) is 8.10. The van der Waals surface area contributed by atoms with E-state index in [1.807, 2.05) is 0 Å². The summed E-state index contributed by atoms with van der Waals surface area (Å²) < 4.78 is 0. The highest BCUT2D eigenvalue weighted by molar-refractivity contribution is 5.15. The maximum Gasteiger partial charge on any atom is -0.0233 e. The van der Waals surface area contributed by atoms with Crippen LogP contribution in [-0.4, -0.2) is 0 Å². The van der Waals surface area contributed by atoms with Gasteiger partial charge in [-0.2, -0.15) is 0 Å². The molecule has 0 nitrogen and oxygen atoms in total. The van der Waals surface area contributed by atoms with E-state index in [1.54, 1.807) is 0 Å². The zero-order valence-electron chi connectivity index (χ0n) is 14.7. The van der Waals surface area contributed by atoms with Gasteiger partial charge in [0.1, 0.15) is 0 Å². The molecule has 0 amide bonds. The zero-order chi connectivity index (χ0) is 17.0. The lowest BCUT2D eigenvalue weighted by Gasteiger charge is -2.17. The Morgan fingerprint density at radius 3 is 1.29 bits per heavy atom. The SMILES string of the molecule is C=CC(CCc1ccccc1)CCC(C=C)CCc1ccccc1. The van der Waals surface area contributed by atoms with E-state index < -0.39 is 0 Å². The van der Waals surface area contributed by atoms with E-state index in [0.29, 0.717) is 11.8 Å². The first kappa shape index (κ1) is 18.3. The summed E-state index contributed by atoms with van der Waals surface area (Å²) in [7, 11) is 0. The lowest BCUT2D eigenvalue weighted by Crippen LogP contribution is -2.05. The van der Waals surface area contributed by atoms with Gasteiger partial charge in [0.15, 0.2) is 0 Å². The molecule has 0 radical (unpaired) electrons. The minimum atomic E-state index is 0.601. The van der Waals surface area contributed by atoms with Crippen molar-refractivity contribution in [2.24, 2.45) is 11.8 Å². The van der Waals surface area contributed by atoms with Crippen LogP contribution in [0.5, 0.6) is 0 Å². The van der Waals surface area contributed by atoms with Gasteiger partial charge in [0.2, 0.25) is 0 Å². The minimum absolute atomic E-state index is 0.601. The van der Waals surface area contributed by atoms with Gasteiger partial charge in [0.25, 0.3) is 0 Å². The largest absolute Gasteiger partial charge is 0.103 e. The van der Waals surface area contributed by atoms with Gasteiger partial charge < -0.3 is 0 Å². The third-order valence-corrected chi connectivity index (χ3v) is 4.87. The van der Waals surface area contributed by atoms with Crippen LogP contribution in [0.25, 0.3) is 0 Å². The second-order valence-corrected chi connectivity index (χ2v) is 6.62. The molecule has 0 saturated heterocycles. The van der Waals surface area contributed by atoms with Gasteiger partial charge in [-0.05, 0) is 61.5 Å². The van der Waals surface area contributed by atoms with E-state index in [2.05, 4.69) is 86.0 Å². The van der Waals surface area contributed by atoms with Gasteiger partial charge in [-0.15, -0.1) is 13.2 Å². The predicted molar refractivity (Wildman–Crippen MR) is 106 cm³/mol. The number of hydrogen-bond donors (Lipinski definition) is 0. The van der Waals surface area contributed by atoms with Crippen LogP contribution in [0.4, 0.5) is 0 Å². The van der Waals surface area contributed by atoms with Gasteiger partial charge in [-0.1, -0.05) is 72.8 Å². The first-order valence-corrected chi connectivity index (χ1v) is 9.14. The normalized spacial score (nSPS) is 13.2. The fourth-order valence-corrected chi connectivity index (χ4v) is 3.18. The number of hydrogen-bond acceptors (Lipinski definition) is 0. The molecule has 0 bridgehead atoms. The molecule has 2 rings (SSSR count). The lowest BCUT2D eigenvalue weighted by atomic mass is 9.88. The fourth-order valence-electron chi connectivity index (χ4n) is 3.18. The predicted octanol–water partition coefficient (Wildman–Crippen LogP) is 6.64. The Hall–Kier alpha value is -2.08. The standard InChI is InChI=1S/C24H30/c1-3-21(17-19-23-11-7-5-8-12-23)15-16-22(4-2)18-20-24-13-9-6-10-14-24/h3-14,21-22H,1-2,15-20H2. The van der Waals surface area contributed by atoms with Gasteiger partial charge >= 0.3 is 0 Å². The first-order valence-electron chi connectivity index (χ1n) is 9.14. The van der Waals surface area contributed by atoms with Crippen molar-refractivity contribution in [2.45, 2.75) is 38.5 Å². The Morgan fingerprint density at radius 1 is 0.583 bits per heavy atom. The van der Waals surface area contributed by atoms with Crippen molar-refractivity contribution in [1.29, 1.82) is 0 Å². The molecular formula is C24H30. The monoisotopic (exact) mass is 318 g/mol. The average molecular weight is 319 g/mol. The molecule has 0 heterocycles. The zero-order valence-corrected chi connectivity index (χ0v) is 14.7. The molecule has 0 spiro atoms. The molecule has 24 heavy (non-hydrogen) atoms. The van der Waals surface area contributed by atoms with Crippen LogP contribution in [0.2, 0.25) is 0 Å². The van der Waals surface area contributed by atoms with Crippen LogP contribution < -0.4 is 0 Å². The van der Waals surface area contributed by atoms with E-state index in [0.717, 1.165) is 12.8 Å². The minimum Gasteiger partial charge on any atom is -0.103 e. The van der Waals surface area contributed by atoms with Crippen LogP contribution in [-0.2, 0) is 12.8 Å². The average Bonchev–Trinajstić information content (AvgIpc) is 2.65. The van der Waals surface area contributed by atoms with E-state index in [-0.39, 0.29) is 0 Å². The summed E-state index contributed by atoms with van der Waals surface area (Å²) in [6, 6.07) is 21.5. The maximum atomic E-state index is 4.04. The highest BCUT2D eigenvalue weighted by Gasteiger charge is 2.10. The second kappa shape index (κ2) is 10.6. The van der Waals surface area contributed by atoms with Gasteiger partial charge in [0, 0.05) is 0 Å². The fraction of sp³-hybridized carbons (Fsp3) is 0.333. The molecule has 2 aromatic rings. The maximum absolute atomic E-state index is 4.04. The Balaban J connectivity index is 1.73. The van der Waals surface area contributed by atoms with E-state index in [4.69, 9.17) is 0 Å². The third-order valence-electron chi connectivity index (χ3n) is 4.87. The van der Waals surface area contributed by atoms with Gasteiger partial charge in [-0.25, -0.2) is 0 Å². The van der Waals surface area contributed by atoms with Crippen molar-refractivity contribution in [1.82, 2.24) is 0 Å². The van der Waals surface area contributed by atoms with Crippen molar-refractivity contribution in [3.05, 3.63) is 97.1 Å². The van der Waals surface area contributed by atoms with Crippen molar-refractivity contribution in [3.63, 3.8) is 0 Å². The van der Waals surface area contributed by atoms with Crippen molar-refractivity contribution < 1.29 is 0 Å². The lowest BCUT2D eigenvalue weighted by molar-refractivity contribution is 0.450. The molecule has 2 unspecified atom stereocenters. The topological polar surface area (TPSA) is 0 Å². The third kappa shape index (κ3) is 6.58. The molecule has 0 saturated carbocycles. The molecule has 0 heteroatoms. The number of benzene rings is 2. The van der Waals surface area contributed by atoms with Crippen LogP contribution in [0.15, 0.2) is 86.0 Å². The second-order valence-electron chi connectivity index (χ2n) is 6.62. The van der Waals surface area contributed by atoms with Crippen molar-refractivity contribution in [3.8, 4) is 0 Å². The van der Waals surface area contributed by atoms with E-state index in [9.17, 15) is 0 Å². The summed E-state index contributed by atoms with van der Waals surface area (Å²) in [5, 5.41) is 0. The molecule has 2 aromatic carbocycles. The van der Waals surface area contributed by atoms with Crippen molar-refractivity contribution >= 4 is 0 Å². The molecule has 2 atom stereocenters. The number of aryl methyl sites for hydroxylation is 2. The van der Waals surface area contributed by atoms with Gasteiger partial charge in [-0.3, -0.25) is 0 Å². The highest BCUT2D eigenvalue weighted by Crippen LogP contribution is 2.23. The molecular weight excluding hydrogens is 288 g/mol.